The fourth-order valence-electron chi connectivity index (χ4n) is 3.49. The first kappa shape index (κ1) is 23.5. The number of thiocarbonyl (C=S) groups is 1. The summed E-state index contributed by atoms with van der Waals surface area (Å²) in [5.74, 6) is 0.211. The molecule has 32 heavy (non-hydrogen) atoms. The molecule has 0 saturated carbocycles. The van der Waals surface area contributed by atoms with Gasteiger partial charge in [-0.3, -0.25) is 4.79 Å². The van der Waals surface area contributed by atoms with E-state index < -0.39 is 5.92 Å². The molecule has 4 nitrogen and oxygen atoms in total. The Morgan fingerprint density at radius 3 is 2.00 bits per heavy atom. The standard InChI is InChI=1S/C27H30N2O2S/c1-2-3-4-11-20-31-24-18-16-23(17-19-24)28-27(32)29-26(30)25(21-12-7-5-8-13-21)22-14-9-6-10-15-22/h5-10,12-19,25H,2-4,11,20H2,1H3,(H2,28,29,30,32). The zero-order valence-corrected chi connectivity index (χ0v) is 19.2. The van der Waals surface area contributed by atoms with Crippen LogP contribution in [0.5, 0.6) is 5.75 Å². The van der Waals surface area contributed by atoms with Gasteiger partial charge in [0, 0.05) is 5.69 Å². The van der Waals surface area contributed by atoms with Crippen LogP contribution < -0.4 is 15.4 Å². The highest BCUT2D eigenvalue weighted by Crippen LogP contribution is 2.25. The van der Waals surface area contributed by atoms with Crippen molar-refractivity contribution in [3.63, 3.8) is 0 Å². The molecule has 2 N–H and O–H groups in total. The SMILES string of the molecule is CCCCCCOc1ccc(NC(=S)NC(=O)C(c2ccccc2)c2ccccc2)cc1. The molecular weight excluding hydrogens is 416 g/mol. The summed E-state index contributed by atoms with van der Waals surface area (Å²) in [4.78, 5) is 13.1. The molecule has 0 saturated heterocycles. The van der Waals surface area contributed by atoms with E-state index in [1.807, 2.05) is 84.9 Å². The first-order valence-corrected chi connectivity index (χ1v) is 11.5. The molecule has 3 aromatic carbocycles. The Morgan fingerprint density at radius 2 is 1.44 bits per heavy atom. The second-order valence-electron chi connectivity index (χ2n) is 7.63. The van der Waals surface area contributed by atoms with Crippen molar-refractivity contribution in [2.75, 3.05) is 11.9 Å². The summed E-state index contributed by atoms with van der Waals surface area (Å²) < 4.78 is 5.78. The first-order valence-electron chi connectivity index (χ1n) is 11.1. The van der Waals surface area contributed by atoms with Crippen LogP contribution in [-0.2, 0) is 4.79 Å². The zero-order chi connectivity index (χ0) is 22.6. The lowest BCUT2D eigenvalue weighted by molar-refractivity contribution is -0.120. The number of carbonyl (C=O) groups is 1. The summed E-state index contributed by atoms with van der Waals surface area (Å²) in [6.07, 6.45) is 4.71. The number of rotatable bonds is 10. The predicted molar refractivity (Wildman–Crippen MR) is 135 cm³/mol. The van der Waals surface area contributed by atoms with Gasteiger partial charge in [-0.15, -0.1) is 0 Å². The Bertz CT molecular complexity index is 936. The van der Waals surface area contributed by atoms with Gasteiger partial charge in [0.05, 0.1) is 12.5 Å². The van der Waals surface area contributed by atoms with Crippen LogP contribution in [0.1, 0.15) is 49.7 Å². The van der Waals surface area contributed by atoms with Gasteiger partial charge in [-0.05, 0) is 54.0 Å². The quantitative estimate of drug-likeness (QED) is 0.284. The smallest absolute Gasteiger partial charge is 0.238 e. The minimum atomic E-state index is -0.444. The van der Waals surface area contributed by atoms with Gasteiger partial charge >= 0.3 is 0 Å². The molecule has 0 fully saturated rings. The predicted octanol–water partition coefficient (Wildman–Crippen LogP) is 6.29. The number of benzene rings is 3. The number of ether oxygens (including phenoxy) is 1. The lowest BCUT2D eigenvalue weighted by Crippen LogP contribution is -2.37. The Balaban J connectivity index is 1.58. The molecule has 0 radical (unpaired) electrons. The molecule has 0 heterocycles. The lowest BCUT2D eigenvalue weighted by atomic mass is 9.90. The van der Waals surface area contributed by atoms with E-state index >= 15 is 0 Å². The molecule has 0 aliphatic rings. The van der Waals surface area contributed by atoms with Crippen molar-refractivity contribution in [3.8, 4) is 5.75 Å². The van der Waals surface area contributed by atoms with E-state index in [0.29, 0.717) is 0 Å². The summed E-state index contributed by atoms with van der Waals surface area (Å²) >= 11 is 5.40. The molecular formula is C27H30N2O2S. The van der Waals surface area contributed by atoms with E-state index in [1.165, 1.54) is 19.3 Å². The number of anilines is 1. The number of carbonyl (C=O) groups excluding carboxylic acids is 1. The minimum absolute atomic E-state index is 0.174. The monoisotopic (exact) mass is 446 g/mol. The lowest BCUT2D eigenvalue weighted by Gasteiger charge is -2.18. The molecule has 3 aromatic rings. The summed E-state index contributed by atoms with van der Waals surface area (Å²) in [6.45, 7) is 2.92. The van der Waals surface area contributed by atoms with Gasteiger partial charge in [-0.1, -0.05) is 86.8 Å². The fraction of sp³-hybridized carbons (Fsp3) is 0.259. The zero-order valence-electron chi connectivity index (χ0n) is 18.4. The van der Waals surface area contributed by atoms with E-state index in [-0.39, 0.29) is 11.0 Å². The van der Waals surface area contributed by atoms with Crippen molar-refractivity contribution in [1.82, 2.24) is 5.32 Å². The van der Waals surface area contributed by atoms with Crippen LogP contribution in [0, 0.1) is 0 Å². The van der Waals surface area contributed by atoms with Crippen molar-refractivity contribution in [1.29, 1.82) is 0 Å². The number of hydrogen-bond acceptors (Lipinski definition) is 3. The molecule has 0 aliphatic carbocycles. The molecule has 166 valence electrons. The van der Waals surface area contributed by atoms with Crippen LogP contribution in [0.3, 0.4) is 0 Å². The van der Waals surface area contributed by atoms with Gasteiger partial charge in [0.2, 0.25) is 5.91 Å². The number of unbranched alkanes of at least 4 members (excludes halogenated alkanes) is 3. The fourth-order valence-corrected chi connectivity index (χ4v) is 3.70. The van der Waals surface area contributed by atoms with Crippen molar-refractivity contribution in [2.45, 2.75) is 38.5 Å². The molecule has 0 aromatic heterocycles. The number of amides is 1. The second-order valence-corrected chi connectivity index (χ2v) is 8.04. The Hall–Kier alpha value is -3.18. The first-order chi connectivity index (χ1) is 15.7. The molecule has 0 unspecified atom stereocenters. The summed E-state index contributed by atoms with van der Waals surface area (Å²) in [7, 11) is 0. The third-order valence-electron chi connectivity index (χ3n) is 5.14. The highest BCUT2D eigenvalue weighted by Gasteiger charge is 2.23. The highest BCUT2D eigenvalue weighted by molar-refractivity contribution is 7.80. The van der Waals surface area contributed by atoms with E-state index in [4.69, 9.17) is 17.0 Å². The number of nitrogens with one attached hydrogen (secondary N) is 2. The highest BCUT2D eigenvalue weighted by atomic mass is 32.1. The van der Waals surface area contributed by atoms with E-state index in [1.54, 1.807) is 0 Å². The minimum Gasteiger partial charge on any atom is -0.494 e. The van der Waals surface area contributed by atoms with Crippen LogP contribution in [0.2, 0.25) is 0 Å². The van der Waals surface area contributed by atoms with Crippen LogP contribution in [0.15, 0.2) is 84.9 Å². The maximum atomic E-state index is 13.1. The molecule has 0 bridgehead atoms. The van der Waals surface area contributed by atoms with Crippen LogP contribution >= 0.6 is 12.2 Å². The van der Waals surface area contributed by atoms with Crippen molar-refractivity contribution >= 4 is 28.9 Å². The molecule has 3 rings (SSSR count). The Kier molecular flexibility index (Phi) is 9.26. The van der Waals surface area contributed by atoms with Gasteiger partial charge in [-0.2, -0.15) is 0 Å². The van der Waals surface area contributed by atoms with Gasteiger partial charge < -0.3 is 15.4 Å². The topological polar surface area (TPSA) is 50.4 Å². The summed E-state index contributed by atoms with van der Waals surface area (Å²) in [5.41, 5.74) is 2.63. The summed E-state index contributed by atoms with van der Waals surface area (Å²) in [5, 5.41) is 6.19. The third kappa shape index (κ3) is 7.20. The van der Waals surface area contributed by atoms with Crippen LogP contribution in [0.25, 0.3) is 0 Å². The average molecular weight is 447 g/mol. The van der Waals surface area contributed by atoms with Crippen molar-refractivity contribution in [2.24, 2.45) is 0 Å². The van der Waals surface area contributed by atoms with Gasteiger partial charge in [-0.25, -0.2) is 0 Å². The average Bonchev–Trinajstić information content (AvgIpc) is 2.81. The molecule has 5 heteroatoms. The van der Waals surface area contributed by atoms with E-state index in [2.05, 4.69) is 17.6 Å². The van der Waals surface area contributed by atoms with Crippen LogP contribution in [-0.4, -0.2) is 17.6 Å². The maximum Gasteiger partial charge on any atom is 0.238 e. The normalized spacial score (nSPS) is 10.6. The number of hydrogen-bond donors (Lipinski definition) is 2. The van der Waals surface area contributed by atoms with E-state index in [9.17, 15) is 4.79 Å². The maximum absolute atomic E-state index is 13.1. The van der Waals surface area contributed by atoms with Gasteiger partial charge in [0.1, 0.15) is 5.75 Å². The van der Waals surface area contributed by atoms with Crippen LogP contribution in [0.4, 0.5) is 5.69 Å². The summed E-state index contributed by atoms with van der Waals surface area (Å²) in [6, 6.07) is 27.0. The third-order valence-corrected chi connectivity index (χ3v) is 5.35. The Morgan fingerprint density at radius 1 is 0.844 bits per heavy atom. The Labute approximate surface area is 196 Å². The van der Waals surface area contributed by atoms with E-state index in [0.717, 1.165) is 35.6 Å². The van der Waals surface area contributed by atoms with Gasteiger partial charge in [0.15, 0.2) is 5.11 Å². The van der Waals surface area contributed by atoms with Crippen molar-refractivity contribution < 1.29 is 9.53 Å². The largest absolute Gasteiger partial charge is 0.494 e. The molecule has 0 aliphatic heterocycles. The second kappa shape index (κ2) is 12.6. The molecule has 1 amide bonds. The molecule has 0 spiro atoms. The van der Waals surface area contributed by atoms with Gasteiger partial charge in [0.25, 0.3) is 0 Å². The molecule has 0 atom stereocenters. The van der Waals surface area contributed by atoms with Crippen molar-refractivity contribution in [3.05, 3.63) is 96.1 Å².